The first kappa shape index (κ1) is 12.9. The standard InChI is InChI=1S/C13H19FN2S/c1-10-9-17-5-4-16(10)8-12-6-11(7-15)2-3-13(12)14/h2-3,6,10H,4-5,7-9,15H2,1H3. The summed E-state index contributed by atoms with van der Waals surface area (Å²) in [6, 6.07) is 5.70. The summed E-state index contributed by atoms with van der Waals surface area (Å²) in [5, 5.41) is 0. The normalized spacial score (nSPS) is 21.7. The maximum atomic E-state index is 13.7. The minimum Gasteiger partial charge on any atom is -0.326 e. The van der Waals surface area contributed by atoms with Gasteiger partial charge in [-0.1, -0.05) is 12.1 Å². The Morgan fingerprint density at radius 3 is 3.06 bits per heavy atom. The lowest BCUT2D eigenvalue weighted by atomic mass is 10.1. The molecule has 1 fully saturated rings. The van der Waals surface area contributed by atoms with Crippen molar-refractivity contribution in [3.63, 3.8) is 0 Å². The highest BCUT2D eigenvalue weighted by molar-refractivity contribution is 7.99. The maximum absolute atomic E-state index is 13.7. The summed E-state index contributed by atoms with van der Waals surface area (Å²) >= 11 is 1.97. The van der Waals surface area contributed by atoms with E-state index in [4.69, 9.17) is 5.73 Å². The van der Waals surface area contributed by atoms with Gasteiger partial charge in [-0.2, -0.15) is 11.8 Å². The summed E-state index contributed by atoms with van der Waals surface area (Å²) in [5.74, 6) is 2.16. The second kappa shape index (κ2) is 5.85. The molecule has 0 spiro atoms. The van der Waals surface area contributed by atoms with E-state index < -0.39 is 0 Å². The van der Waals surface area contributed by atoms with E-state index in [0.717, 1.165) is 29.2 Å². The molecule has 0 aliphatic carbocycles. The number of thioether (sulfide) groups is 1. The minimum atomic E-state index is -0.118. The summed E-state index contributed by atoms with van der Waals surface area (Å²) < 4.78 is 13.7. The topological polar surface area (TPSA) is 29.3 Å². The van der Waals surface area contributed by atoms with Crippen LogP contribution in [-0.4, -0.2) is 29.0 Å². The number of nitrogens with zero attached hydrogens (tertiary/aromatic N) is 1. The largest absolute Gasteiger partial charge is 0.326 e. The van der Waals surface area contributed by atoms with Gasteiger partial charge in [0, 0.05) is 42.7 Å². The quantitative estimate of drug-likeness (QED) is 0.897. The van der Waals surface area contributed by atoms with Crippen molar-refractivity contribution >= 4 is 11.8 Å². The van der Waals surface area contributed by atoms with Crippen molar-refractivity contribution in [3.05, 3.63) is 35.1 Å². The number of nitrogens with two attached hydrogens (primary N) is 1. The second-order valence-electron chi connectivity index (χ2n) is 4.52. The molecule has 2 nitrogen and oxygen atoms in total. The lowest BCUT2D eigenvalue weighted by molar-refractivity contribution is 0.221. The zero-order chi connectivity index (χ0) is 12.3. The highest BCUT2D eigenvalue weighted by Gasteiger charge is 2.19. The Hall–Kier alpha value is -0.580. The maximum Gasteiger partial charge on any atom is 0.127 e. The van der Waals surface area contributed by atoms with E-state index in [2.05, 4.69) is 11.8 Å². The second-order valence-corrected chi connectivity index (χ2v) is 5.67. The average molecular weight is 254 g/mol. The zero-order valence-corrected chi connectivity index (χ0v) is 11.0. The molecule has 1 aliphatic rings. The van der Waals surface area contributed by atoms with E-state index in [-0.39, 0.29) is 5.82 Å². The Bertz CT molecular complexity index is 384. The van der Waals surface area contributed by atoms with Gasteiger partial charge >= 0.3 is 0 Å². The molecule has 0 aromatic heterocycles. The molecule has 0 amide bonds. The molecular formula is C13H19FN2S. The molecule has 1 atom stereocenters. The van der Waals surface area contributed by atoms with Crippen molar-refractivity contribution in [1.29, 1.82) is 0 Å². The highest BCUT2D eigenvalue weighted by atomic mass is 32.2. The van der Waals surface area contributed by atoms with Crippen LogP contribution in [0.25, 0.3) is 0 Å². The number of rotatable bonds is 3. The van der Waals surface area contributed by atoms with E-state index >= 15 is 0 Å². The van der Waals surface area contributed by atoms with Crippen LogP contribution in [0.5, 0.6) is 0 Å². The first-order valence-electron chi connectivity index (χ1n) is 6.00. The Labute approximate surface area is 106 Å². The third-order valence-electron chi connectivity index (χ3n) is 3.22. The SMILES string of the molecule is CC1CSCCN1Cc1cc(CN)ccc1F. The molecule has 1 aromatic carbocycles. The Balaban J connectivity index is 2.11. The van der Waals surface area contributed by atoms with Gasteiger partial charge in [0.15, 0.2) is 0 Å². The predicted octanol–water partition coefficient (Wildman–Crippen LogP) is 2.22. The monoisotopic (exact) mass is 254 g/mol. The lowest BCUT2D eigenvalue weighted by Gasteiger charge is -2.33. The van der Waals surface area contributed by atoms with E-state index in [0.29, 0.717) is 19.1 Å². The van der Waals surface area contributed by atoms with Crippen LogP contribution < -0.4 is 5.73 Å². The molecule has 94 valence electrons. The van der Waals surface area contributed by atoms with Gasteiger partial charge in [-0.15, -0.1) is 0 Å². The molecular weight excluding hydrogens is 235 g/mol. The van der Waals surface area contributed by atoms with Gasteiger partial charge in [-0.3, -0.25) is 4.90 Å². The van der Waals surface area contributed by atoms with Crippen molar-refractivity contribution in [2.45, 2.75) is 26.1 Å². The number of hydrogen-bond donors (Lipinski definition) is 1. The number of benzene rings is 1. The third kappa shape index (κ3) is 3.21. The summed E-state index contributed by atoms with van der Waals surface area (Å²) in [6.07, 6.45) is 0. The fourth-order valence-corrected chi connectivity index (χ4v) is 3.17. The fourth-order valence-electron chi connectivity index (χ4n) is 2.09. The molecule has 4 heteroatoms. The minimum absolute atomic E-state index is 0.118. The molecule has 1 saturated heterocycles. The van der Waals surface area contributed by atoms with Crippen LogP contribution in [0.1, 0.15) is 18.1 Å². The molecule has 0 radical (unpaired) electrons. The van der Waals surface area contributed by atoms with Crippen LogP contribution in [0.4, 0.5) is 4.39 Å². The van der Waals surface area contributed by atoms with E-state index in [1.54, 1.807) is 6.07 Å². The van der Waals surface area contributed by atoms with Crippen LogP contribution in [0.3, 0.4) is 0 Å². The first-order chi connectivity index (χ1) is 8.20. The highest BCUT2D eigenvalue weighted by Crippen LogP contribution is 2.20. The van der Waals surface area contributed by atoms with Crippen LogP contribution in [-0.2, 0) is 13.1 Å². The molecule has 1 aromatic rings. The van der Waals surface area contributed by atoms with Gasteiger partial charge in [-0.05, 0) is 18.6 Å². The van der Waals surface area contributed by atoms with Gasteiger partial charge in [0.2, 0.25) is 0 Å². The van der Waals surface area contributed by atoms with E-state index in [9.17, 15) is 4.39 Å². The molecule has 17 heavy (non-hydrogen) atoms. The summed E-state index contributed by atoms with van der Waals surface area (Å²) in [4.78, 5) is 2.34. The van der Waals surface area contributed by atoms with Crippen LogP contribution in [0, 0.1) is 5.82 Å². The summed E-state index contributed by atoms with van der Waals surface area (Å²) in [7, 11) is 0. The summed E-state index contributed by atoms with van der Waals surface area (Å²) in [5.41, 5.74) is 7.36. The number of hydrogen-bond acceptors (Lipinski definition) is 3. The van der Waals surface area contributed by atoms with Crippen LogP contribution in [0.2, 0.25) is 0 Å². The molecule has 2 rings (SSSR count). The van der Waals surface area contributed by atoms with Crippen LogP contribution >= 0.6 is 11.8 Å². The van der Waals surface area contributed by atoms with Gasteiger partial charge in [0.1, 0.15) is 5.82 Å². The van der Waals surface area contributed by atoms with Gasteiger partial charge in [0.05, 0.1) is 0 Å². The Kier molecular flexibility index (Phi) is 4.42. The third-order valence-corrected chi connectivity index (χ3v) is 4.41. The van der Waals surface area contributed by atoms with Crippen LogP contribution in [0.15, 0.2) is 18.2 Å². The first-order valence-corrected chi connectivity index (χ1v) is 7.15. The van der Waals surface area contributed by atoms with E-state index in [1.807, 2.05) is 17.8 Å². The van der Waals surface area contributed by atoms with Gasteiger partial charge in [0.25, 0.3) is 0 Å². The molecule has 1 heterocycles. The lowest BCUT2D eigenvalue weighted by Crippen LogP contribution is -2.39. The van der Waals surface area contributed by atoms with Gasteiger partial charge < -0.3 is 5.73 Å². The molecule has 1 aliphatic heterocycles. The number of halogens is 1. The fraction of sp³-hybridized carbons (Fsp3) is 0.538. The molecule has 2 N–H and O–H groups in total. The molecule has 0 bridgehead atoms. The Morgan fingerprint density at radius 2 is 2.35 bits per heavy atom. The van der Waals surface area contributed by atoms with Crippen molar-refractivity contribution in [2.24, 2.45) is 5.73 Å². The zero-order valence-electron chi connectivity index (χ0n) is 10.2. The summed E-state index contributed by atoms with van der Waals surface area (Å²) in [6.45, 7) is 4.41. The Morgan fingerprint density at radius 1 is 1.53 bits per heavy atom. The average Bonchev–Trinajstić information content (AvgIpc) is 2.35. The van der Waals surface area contributed by atoms with Crippen molar-refractivity contribution < 1.29 is 4.39 Å². The smallest absolute Gasteiger partial charge is 0.127 e. The van der Waals surface area contributed by atoms with Crippen molar-refractivity contribution in [2.75, 3.05) is 18.1 Å². The molecule has 1 unspecified atom stereocenters. The van der Waals surface area contributed by atoms with E-state index in [1.165, 1.54) is 6.07 Å². The van der Waals surface area contributed by atoms with Crippen molar-refractivity contribution in [3.8, 4) is 0 Å². The van der Waals surface area contributed by atoms with Crippen molar-refractivity contribution in [1.82, 2.24) is 4.90 Å². The molecule has 0 saturated carbocycles. The van der Waals surface area contributed by atoms with Gasteiger partial charge in [-0.25, -0.2) is 4.39 Å². The predicted molar refractivity (Wildman–Crippen MR) is 71.5 cm³/mol.